The second-order valence-electron chi connectivity index (χ2n) is 4.57. The SMILES string of the molecule is O=c1[nH]c(=O)n(C2CC2)c(O)c1-c1cccc(F)c1. The first-order chi connectivity index (χ1) is 9.08. The predicted octanol–water partition coefficient (Wildman–Crippen LogP) is 1.38. The Morgan fingerprint density at radius 2 is 2.05 bits per heavy atom. The third-order valence-corrected chi connectivity index (χ3v) is 3.14. The smallest absolute Gasteiger partial charge is 0.331 e. The molecule has 3 rings (SSSR count). The average molecular weight is 262 g/mol. The van der Waals surface area contributed by atoms with Crippen LogP contribution in [-0.2, 0) is 0 Å². The van der Waals surface area contributed by atoms with Gasteiger partial charge in [0.2, 0.25) is 5.88 Å². The van der Waals surface area contributed by atoms with Crippen molar-refractivity contribution in [3.8, 4) is 17.0 Å². The normalized spacial score (nSPS) is 14.6. The Kier molecular flexibility index (Phi) is 2.51. The van der Waals surface area contributed by atoms with Crippen LogP contribution in [0.15, 0.2) is 33.9 Å². The minimum atomic E-state index is -0.718. The summed E-state index contributed by atoms with van der Waals surface area (Å²) >= 11 is 0. The Bertz CT molecular complexity index is 759. The summed E-state index contributed by atoms with van der Waals surface area (Å²) < 4.78 is 14.4. The number of benzene rings is 1. The van der Waals surface area contributed by atoms with Crippen molar-refractivity contribution in [2.45, 2.75) is 18.9 Å². The zero-order valence-corrected chi connectivity index (χ0v) is 9.89. The number of nitrogens with zero attached hydrogens (tertiary/aromatic N) is 1. The molecule has 0 saturated heterocycles. The highest BCUT2D eigenvalue weighted by Gasteiger charge is 2.29. The molecule has 0 bridgehead atoms. The molecule has 2 aromatic rings. The largest absolute Gasteiger partial charge is 0.494 e. The molecule has 1 aliphatic rings. The van der Waals surface area contributed by atoms with Crippen LogP contribution in [0.4, 0.5) is 4.39 Å². The lowest BCUT2D eigenvalue weighted by atomic mass is 10.1. The van der Waals surface area contributed by atoms with Crippen LogP contribution < -0.4 is 11.2 Å². The average Bonchev–Trinajstić information content (AvgIpc) is 3.12. The number of halogens is 1. The molecule has 1 fully saturated rings. The highest BCUT2D eigenvalue weighted by molar-refractivity contribution is 5.67. The predicted molar refractivity (Wildman–Crippen MR) is 66.7 cm³/mol. The molecule has 98 valence electrons. The van der Waals surface area contributed by atoms with E-state index in [0.29, 0.717) is 0 Å². The van der Waals surface area contributed by atoms with Gasteiger partial charge in [-0.25, -0.2) is 9.18 Å². The lowest BCUT2D eigenvalue weighted by Crippen LogP contribution is -2.30. The van der Waals surface area contributed by atoms with Gasteiger partial charge >= 0.3 is 5.69 Å². The van der Waals surface area contributed by atoms with Crippen molar-refractivity contribution >= 4 is 0 Å². The first-order valence-corrected chi connectivity index (χ1v) is 5.91. The van der Waals surface area contributed by atoms with Crippen molar-refractivity contribution < 1.29 is 9.50 Å². The number of aromatic amines is 1. The minimum Gasteiger partial charge on any atom is -0.494 e. The van der Waals surface area contributed by atoms with Crippen molar-refractivity contribution in [2.24, 2.45) is 0 Å². The molecule has 0 spiro atoms. The first kappa shape index (κ1) is 11.7. The summed E-state index contributed by atoms with van der Waals surface area (Å²) in [5, 5.41) is 10.1. The van der Waals surface area contributed by atoms with Gasteiger partial charge in [0.05, 0.1) is 0 Å². The third kappa shape index (κ3) is 1.95. The zero-order valence-electron chi connectivity index (χ0n) is 9.89. The van der Waals surface area contributed by atoms with E-state index in [1.54, 1.807) is 0 Å². The van der Waals surface area contributed by atoms with Crippen LogP contribution in [-0.4, -0.2) is 14.7 Å². The summed E-state index contributed by atoms with van der Waals surface area (Å²) in [5.74, 6) is -0.915. The molecule has 5 nitrogen and oxygen atoms in total. The van der Waals surface area contributed by atoms with Gasteiger partial charge in [-0.1, -0.05) is 12.1 Å². The van der Waals surface area contributed by atoms with Crippen LogP contribution in [0.25, 0.3) is 11.1 Å². The topological polar surface area (TPSA) is 75.1 Å². The maximum absolute atomic E-state index is 13.2. The van der Waals surface area contributed by atoms with E-state index in [-0.39, 0.29) is 17.2 Å². The molecule has 2 N–H and O–H groups in total. The third-order valence-electron chi connectivity index (χ3n) is 3.14. The van der Waals surface area contributed by atoms with Crippen molar-refractivity contribution in [1.29, 1.82) is 0 Å². The molecule has 0 unspecified atom stereocenters. The fourth-order valence-corrected chi connectivity index (χ4v) is 2.11. The molecule has 0 radical (unpaired) electrons. The lowest BCUT2D eigenvalue weighted by Gasteiger charge is -2.10. The van der Waals surface area contributed by atoms with E-state index in [1.165, 1.54) is 18.2 Å². The number of aromatic nitrogens is 2. The van der Waals surface area contributed by atoms with Gasteiger partial charge in [-0.2, -0.15) is 0 Å². The molecule has 1 aromatic heterocycles. The summed E-state index contributed by atoms with van der Waals surface area (Å²) in [6.07, 6.45) is 1.56. The fourth-order valence-electron chi connectivity index (χ4n) is 2.11. The Labute approximate surface area is 107 Å². The van der Waals surface area contributed by atoms with Crippen LogP contribution in [0, 0.1) is 5.82 Å². The molecule has 1 aliphatic carbocycles. The van der Waals surface area contributed by atoms with Crippen LogP contribution in [0.5, 0.6) is 5.88 Å². The Balaban J connectivity index is 2.29. The van der Waals surface area contributed by atoms with Gasteiger partial charge < -0.3 is 5.11 Å². The Morgan fingerprint density at radius 1 is 1.32 bits per heavy atom. The summed E-state index contributed by atoms with van der Waals surface area (Å²) in [4.78, 5) is 25.6. The fraction of sp³-hybridized carbons (Fsp3) is 0.231. The van der Waals surface area contributed by atoms with E-state index in [0.717, 1.165) is 23.5 Å². The molecule has 0 atom stereocenters. The van der Waals surface area contributed by atoms with Gasteiger partial charge in [0.25, 0.3) is 5.56 Å². The van der Waals surface area contributed by atoms with E-state index < -0.39 is 22.9 Å². The molecular weight excluding hydrogens is 251 g/mol. The summed E-state index contributed by atoms with van der Waals surface area (Å²) in [7, 11) is 0. The van der Waals surface area contributed by atoms with E-state index in [2.05, 4.69) is 4.98 Å². The molecule has 6 heteroatoms. The lowest BCUT2D eigenvalue weighted by molar-refractivity contribution is 0.405. The van der Waals surface area contributed by atoms with Gasteiger partial charge in [-0.05, 0) is 30.5 Å². The van der Waals surface area contributed by atoms with Crippen molar-refractivity contribution in [3.05, 3.63) is 50.9 Å². The first-order valence-electron chi connectivity index (χ1n) is 5.91. The van der Waals surface area contributed by atoms with Crippen molar-refractivity contribution in [1.82, 2.24) is 9.55 Å². The highest BCUT2D eigenvalue weighted by atomic mass is 19.1. The molecular formula is C13H11FN2O3. The van der Waals surface area contributed by atoms with E-state index in [9.17, 15) is 19.1 Å². The molecule has 1 saturated carbocycles. The van der Waals surface area contributed by atoms with Crippen LogP contribution in [0.3, 0.4) is 0 Å². The standard InChI is InChI=1S/C13H11FN2O3/c14-8-3-1-2-7(6-8)10-11(17)15-13(19)16(12(10)18)9-4-5-9/h1-3,6,9,18H,4-5H2,(H,15,17,19). The Morgan fingerprint density at radius 3 is 2.68 bits per heavy atom. The van der Waals surface area contributed by atoms with Gasteiger partial charge in [-0.15, -0.1) is 0 Å². The highest BCUT2D eigenvalue weighted by Crippen LogP contribution is 2.38. The van der Waals surface area contributed by atoms with Gasteiger partial charge in [-0.3, -0.25) is 14.3 Å². The van der Waals surface area contributed by atoms with Gasteiger partial charge in [0.15, 0.2) is 0 Å². The summed E-state index contributed by atoms with van der Waals surface area (Å²) in [5.41, 5.74) is -1.19. The van der Waals surface area contributed by atoms with E-state index in [1.807, 2.05) is 0 Å². The maximum atomic E-state index is 13.2. The van der Waals surface area contributed by atoms with Crippen molar-refractivity contribution in [2.75, 3.05) is 0 Å². The van der Waals surface area contributed by atoms with Crippen LogP contribution in [0.2, 0.25) is 0 Å². The second kappa shape index (κ2) is 4.08. The maximum Gasteiger partial charge on any atom is 0.331 e. The minimum absolute atomic E-state index is 0.0778. The number of nitrogens with one attached hydrogen (secondary N) is 1. The molecule has 19 heavy (non-hydrogen) atoms. The van der Waals surface area contributed by atoms with E-state index in [4.69, 9.17) is 0 Å². The van der Waals surface area contributed by atoms with Crippen molar-refractivity contribution in [3.63, 3.8) is 0 Å². The number of aromatic hydroxyl groups is 1. The Hall–Kier alpha value is -2.37. The monoisotopic (exact) mass is 262 g/mol. The summed E-state index contributed by atoms with van der Waals surface area (Å²) in [6.45, 7) is 0. The molecule has 0 aliphatic heterocycles. The number of rotatable bonds is 2. The van der Waals surface area contributed by atoms with E-state index >= 15 is 0 Å². The number of hydrogen-bond acceptors (Lipinski definition) is 3. The second-order valence-corrected chi connectivity index (χ2v) is 4.57. The van der Waals surface area contributed by atoms with Crippen LogP contribution in [0.1, 0.15) is 18.9 Å². The molecule has 1 heterocycles. The molecule has 1 aromatic carbocycles. The summed E-state index contributed by atoms with van der Waals surface area (Å²) in [6, 6.07) is 5.25. The van der Waals surface area contributed by atoms with Gasteiger partial charge in [0, 0.05) is 6.04 Å². The van der Waals surface area contributed by atoms with Gasteiger partial charge in [0.1, 0.15) is 11.4 Å². The molecule has 0 amide bonds. The number of hydrogen-bond donors (Lipinski definition) is 2. The quantitative estimate of drug-likeness (QED) is 0.858. The zero-order chi connectivity index (χ0) is 13.6. The van der Waals surface area contributed by atoms with Crippen LogP contribution >= 0.6 is 0 Å². The number of H-pyrrole nitrogens is 1.